The van der Waals surface area contributed by atoms with Crippen molar-refractivity contribution in [3.8, 4) is 11.5 Å². The molecule has 0 saturated heterocycles. The summed E-state index contributed by atoms with van der Waals surface area (Å²) in [7, 11) is 0. The largest absolute Gasteiger partial charge is 0.485 e. The quantitative estimate of drug-likeness (QED) is 0.441. The van der Waals surface area contributed by atoms with Crippen LogP contribution in [0.2, 0.25) is 0 Å². The maximum Gasteiger partial charge on any atom is 0.338 e. The summed E-state index contributed by atoms with van der Waals surface area (Å²) in [6, 6.07) is 12.6. The molecular weight excluding hydrogens is 368 g/mol. The van der Waals surface area contributed by atoms with Gasteiger partial charge in [-0.05, 0) is 24.3 Å². The molecule has 1 atom stereocenters. The fraction of sp³-hybridized carbons (Fsp3) is 0.158. The van der Waals surface area contributed by atoms with Crippen molar-refractivity contribution in [3.63, 3.8) is 0 Å². The van der Waals surface area contributed by atoms with Gasteiger partial charge in [-0.2, -0.15) is 0 Å². The SMILES string of the molecule is O=Cc1ccc(C(=O)OCC(=O)NNC(=O)[C@H]2COc3ccccc3O2)cc1. The number of fused-ring (bicyclic) bond motifs is 1. The first-order chi connectivity index (χ1) is 13.6. The fourth-order valence-corrected chi connectivity index (χ4v) is 2.31. The molecule has 0 aromatic heterocycles. The number of carbonyl (C=O) groups is 4. The second-order valence-electron chi connectivity index (χ2n) is 5.72. The van der Waals surface area contributed by atoms with Crippen LogP contribution in [0.5, 0.6) is 11.5 Å². The Morgan fingerprint density at radius 1 is 1.04 bits per heavy atom. The minimum Gasteiger partial charge on any atom is -0.485 e. The molecule has 0 saturated carbocycles. The summed E-state index contributed by atoms with van der Waals surface area (Å²) in [5.74, 6) is -1.13. The Morgan fingerprint density at radius 3 is 2.46 bits per heavy atom. The number of benzene rings is 2. The van der Waals surface area contributed by atoms with E-state index in [9.17, 15) is 19.2 Å². The van der Waals surface area contributed by atoms with E-state index >= 15 is 0 Å². The fourth-order valence-electron chi connectivity index (χ4n) is 2.31. The highest BCUT2D eigenvalue weighted by molar-refractivity contribution is 5.92. The number of carbonyl (C=O) groups excluding carboxylic acids is 4. The van der Waals surface area contributed by atoms with Crippen LogP contribution in [-0.2, 0) is 14.3 Å². The van der Waals surface area contributed by atoms with Crippen molar-refractivity contribution >= 4 is 24.1 Å². The van der Waals surface area contributed by atoms with Crippen molar-refractivity contribution < 1.29 is 33.4 Å². The Labute approximate surface area is 159 Å². The van der Waals surface area contributed by atoms with Crippen molar-refractivity contribution in [3.05, 3.63) is 59.7 Å². The van der Waals surface area contributed by atoms with Crippen LogP contribution in [0.4, 0.5) is 0 Å². The van der Waals surface area contributed by atoms with Crippen molar-refractivity contribution in [1.82, 2.24) is 10.9 Å². The third kappa shape index (κ3) is 4.64. The Morgan fingerprint density at radius 2 is 1.75 bits per heavy atom. The number of ether oxygens (including phenoxy) is 3. The topological polar surface area (TPSA) is 120 Å². The third-order valence-electron chi connectivity index (χ3n) is 3.74. The Hall–Kier alpha value is -3.88. The van der Waals surface area contributed by atoms with E-state index in [0.717, 1.165) is 0 Å². The molecule has 0 aliphatic carbocycles. The van der Waals surface area contributed by atoms with E-state index in [1.54, 1.807) is 24.3 Å². The summed E-state index contributed by atoms with van der Waals surface area (Å²) in [6.45, 7) is -0.607. The maximum atomic E-state index is 12.1. The van der Waals surface area contributed by atoms with Crippen molar-refractivity contribution in [1.29, 1.82) is 0 Å². The standard InChI is InChI=1S/C19H16N2O7/c22-9-12-5-7-13(8-6-12)19(25)27-11-17(23)20-21-18(24)16-10-26-14-3-1-2-4-15(14)28-16/h1-9,16H,10-11H2,(H,20,23)(H,21,24)/t16-/m1/s1. The summed E-state index contributed by atoms with van der Waals surface area (Å²) in [5.41, 5.74) is 4.92. The van der Waals surface area contributed by atoms with E-state index in [1.807, 2.05) is 0 Å². The zero-order chi connectivity index (χ0) is 19.9. The molecule has 0 unspecified atom stereocenters. The lowest BCUT2D eigenvalue weighted by Crippen LogP contribution is -2.51. The molecule has 2 N–H and O–H groups in total. The van der Waals surface area contributed by atoms with Gasteiger partial charge in [0.15, 0.2) is 18.1 Å². The lowest BCUT2D eigenvalue weighted by molar-refractivity contribution is -0.135. The van der Waals surface area contributed by atoms with Gasteiger partial charge in [-0.3, -0.25) is 25.2 Å². The molecule has 0 bridgehead atoms. The second-order valence-corrected chi connectivity index (χ2v) is 5.72. The van der Waals surface area contributed by atoms with Crippen LogP contribution in [-0.4, -0.2) is 43.4 Å². The molecule has 28 heavy (non-hydrogen) atoms. The number of amides is 2. The first kappa shape index (κ1) is 18.9. The van der Waals surface area contributed by atoms with Gasteiger partial charge >= 0.3 is 5.97 Å². The lowest BCUT2D eigenvalue weighted by Gasteiger charge is -2.25. The zero-order valence-electron chi connectivity index (χ0n) is 14.5. The molecule has 2 aromatic carbocycles. The van der Waals surface area contributed by atoms with E-state index < -0.39 is 30.5 Å². The van der Waals surface area contributed by atoms with E-state index in [0.29, 0.717) is 23.3 Å². The minimum absolute atomic E-state index is 0.00944. The Bertz CT molecular complexity index is 895. The van der Waals surface area contributed by atoms with Crippen LogP contribution >= 0.6 is 0 Å². The normalized spacial score (nSPS) is 14.5. The molecule has 0 fully saturated rings. The first-order valence-corrected chi connectivity index (χ1v) is 8.26. The molecule has 1 aliphatic heterocycles. The minimum atomic E-state index is -0.936. The van der Waals surface area contributed by atoms with Crippen LogP contribution in [0.25, 0.3) is 0 Å². The zero-order valence-corrected chi connectivity index (χ0v) is 14.5. The van der Waals surface area contributed by atoms with Gasteiger partial charge in [0.25, 0.3) is 11.8 Å². The number of para-hydroxylation sites is 2. The van der Waals surface area contributed by atoms with Gasteiger partial charge in [-0.1, -0.05) is 24.3 Å². The Kier molecular flexibility index (Phi) is 5.85. The Balaban J connectivity index is 1.42. The number of aldehydes is 1. The number of esters is 1. The van der Waals surface area contributed by atoms with Gasteiger partial charge in [0.05, 0.1) is 5.56 Å². The highest BCUT2D eigenvalue weighted by Crippen LogP contribution is 2.30. The van der Waals surface area contributed by atoms with Gasteiger partial charge in [0, 0.05) is 5.56 Å². The maximum absolute atomic E-state index is 12.1. The first-order valence-electron chi connectivity index (χ1n) is 8.26. The van der Waals surface area contributed by atoms with Crippen LogP contribution in [0, 0.1) is 0 Å². The molecule has 0 radical (unpaired) electrons. The van der Waals surface area contributed by atoms with Gasteiger partial charge < -0.3 is 14.2 Å². The van der Waals surface area contributed by atoms with Crippen LogP contribution in [0.15, 0.2) is 48.5 Å². The van der Waals surface area contributed by atoms with E-state index in [1.165, 1.54) is 24.3 Å². The van der Waals surface area contributed by atoms with Gasteiger partial charge in [-0.15, -0.1) is 0 Å². The van der Waals surface area contributed by atoms with Crippen LogP contribution < -0.4 is 20.3 Å². The summed E-state index contributed by atoms with van der Waals surface area (Å²) in [4.78, 5) is 46.2. The van der Waals surface area contributed by atoms with Crippen molar-refractivity contribution in [2.24, 2.45) is 0 Å². The summed E-state index contributed by atoms with van der Waals surface area (Å²) >= 11 is 0. The molecule has 1 heterocycles. The van der Waals surface area contributed by atoms with Crippen LogP contribution in [0.3, 0.4) is 0 Å². The second kappa shape index (κ2) is 8.67. The average molecular weight is 384 g/mol. The summed E-state index contributed by atoms with van der Waals surface area (Å²) in [5, 5.41) is 0. The molecule has 0 spiro atoms. The average Bonchev–Trinajstić information content (AvgIpc) is 2.75. The van der Waals surface area contributed by atoms with E-state index in [2.05, 4.69) is 10.9 Å². The van der Waals surface area contributed by atoms with Crippen LogP contribution in [0.1, 0.15) is 20.7 Å². The predicted molar refractivity (Wildman–Crippen MR) is 94.8 cm³/mol. The number of hydrazine groups is 1. The van der Waals surface area contributed by atoms with E-state index in [-0.39, 0.29) is 12.2 Å². The number of rotatable bonds is 5. The lowest BCUT2D eigenvalue weighted by atomic mass is 10.1. The molecule has 1 aliphatic rings. The molecule has 9 nitrogen and oxygen atoms in total. The molecule has 2 amide bonds. The van der Waals surface area contributed by atoms with Crippen molar-refractivity contribution in [2.75, 3.05) is 13.2 Å². The molecule has 9 heteroatoms. The molecular formula is C19H16N2O7. The predicted octanol–water partition coefficient (Wildman–Crippen LogP) is 0.643. The highest BCUT2D eigenvalue weighted by Gasteiger charge is 2.27. The molecule has 144 valence electrons. The van der Waals surface area contributed by atoms with Gasteiger partial charge in [0.1, 0.15) is 12.9 Å². The van der Waals surface area contributed by atoms with Gasteiger partial charge in [0.2, 0.25) is 6.10 Å². The highest BCUT2D eigenvalue weighted by atomic mass is 16.6. The smallest absolute Gasteiger partial charge is 0.338 e. The van der Waals surface area contributed by atoms with Crippen molar-refractivity contribution in [2.45, 2.75) is 6.10 Å². The molecule has 2 aromatic rings. The molecule has 3 rings (SSSR count). The third-order valence-corrected chi connectivity index (χ3v) is 3.74. The summed E-state index contributed by atoms with van der Waals surface area (Å²) < 4.78 is 15.8. The number of hydrogen-bond acceptors (Lipinski definition) is 7. The number of nitrogens with one attached hydrogen (secondary N) is 2. The van der Waals surface area contributed by atoms with Gasteiger partial charge in [-0.25, -0.2) is 4.79 Å². The van der Waals surface area contributed by atoms with E-state index in [4.69, 9.17) is 14.2 Å². The number of hydrogen-bond donors (Lipinski definition) is 2. The monoisotopic (exact) mass is 384 g/mol. The summed E-state index contributed by atoms with van der Waals surface area (Å²) in [6.07, 6.45) is -0.292.